The van der Waals surface area contributed by atoms with Crippen LogP contribution in [0.4, 0.5) is 0 Å². The van der Waals surface area contributed by atoms with E-state index in [1.807, 2.05) is 43.3 Å². The van der Waals surface area contributed by atoms with Gasteiger partial charge >= 0.3 is 0 Å². The van der Waals surface area contributed by atoms with Crippen molar-refractivity contribution >= 4 is 23.4 Å². The first kappa shape index (κ1) is 20.8. The van der Waals surface area contributed by atoms with Crippen LogP contribution in [0.2, 0.25) is 5.02 Å². The molecule has 0 fully saturated rings. The molecule has 1 atom stereocenters. The molecule has 2 rings (SSSR count). The maximum atomic E-state index is 13.1. The summed E-state index contributed by atoms with van der Waals surface area (Å²) >= 11 is 5.92. The summed E-state index contributed by atoms with van der Waals surface area (Å²) in [6, 6.07) is 14.1. The average Bonchev–Trinajstić information content (AvgIpc) is 2.69. The van der Waals surface area contributed by atoms with Gasteiger partial charge in [-0.3, -0.25) is 9.59 Å². The third kappa shape index (κ3) is 5.73. The van der Waals surface area contributed by atoms with Crippen LogP contribution in [0.1, 0.15) is 24.5 Å². The highest BCUT2D eigenvalue weighted by molar-refractivity contribution is 6.30. The summed E-state index contributed by atoms with van der Waals surface area (Å²) in [6.45, 7) is 2.23. The van der Waals surface area contributed by atoms with Crippen LogP contribution in [-0.2, 0) is 22.6 Å². The zero-order valence-electron chi connectivity index (χ0n) is 15.9. The monoisotopic (exact) mass is 388 g/mol. The van der Waals surface area contributed by atoms with Gasteiger partial charge in [0, 0.05) is 18.6 Å². The summed E-state index contributed by atoms with van der Waals surface area (Å²) in [7, 11) is 3.18. The predicted molar refractivity (Wildman–Crippen MR) is 107 cm³/mol. The number of benzene rings is 2. The van der Waals surface area contributed by atoms with Crippen molar-refractivity contribution in [3.05, 3.63) is 64.7 Å². The van der Waals surface area contributed by atoms with E-state index in [4.69, 9.17) is 16.3 Å². The van der Waals surface area contributed by atoms with Gasteiger partial charge in [0.05, 0.1) is 13.5 Å². The molecule has 6 heteroatoms. The zero-order valence-corrected chi connectivity index (χ0v) is 16.6. The van der Waals surface area contributed by atoms with E-state index in [2.05, 4.69) is 5.32 Å². The van der Waals surface area contributed by atoms with Gasteiger partial charge in [0.25, 0.3) is 0 Å². The molecule has 0 aliphatic heterocycles. The van der Waals surface area contributed by atoms with Crippen molar-refractivity contribution in [2.24, 2.45) is 0 Å². The Morgan fingerprint density at radius 2 is 1.85 bits per heavy atom. The number of methoxy groups -OCH3 is 1. The number of ether oxygens (including phenoxy) is 1. The van der Waals surface area contributed by atoms with Crippen molar-refractivity contribution < 1.29 is 14.3 Å². The first-order valence-corrected chi connectivity index (χ1v) is 9.24. The fourth-order valence-electron chi connectivity index (χ4n) is 2.93. The van der Waals surface area contributed by atoms with Crippen molar-refractivity contribution in [1.82, 2.24) is 10.2 Å². The van der Waals surface area contributed by atoms with Gasteiger partial charge < -0.3 is 15.0 Å². The molecule has 0 radical (unpaired) electrons. The van der Waals surface area contributed by atoms with Crippen LogP contribution in [-0.4, -0.2) is 36.9 Å². The Bertz CT molecular complexity index is 777. The first-order chi connectivity index (χ1) is 13.0. The third-order valence-electron chi connectivity index (χ3n) is 4.39. The van der Waals surface area contributed by atoms with E-state index < -0.39 is 6.04 Å². The van der Waals surface area contributed by atoms with E-state index in [1.165, 1.54) is 0 Å². The molecule has 2 aromatic rings. The van der Waals surface area contributed by atoms with Crippen molar-refractivity contribution in [1.29, 1.82) is 0 Å². The second kappa shape index (κ2) is 9.97. The molecule has 5 nitrogen and oxygen atoms in total. The molecule has 0 saturated heterocycles. The molecule has 0 saturated carbocycles. The average molecular weight is 389 g/mol. The fourth-order valence-corrected chi connectivity index (χ4v) is 3.06. The lowest BCUT2D eigenvalue weighted by molar-refractivity contribution is -0.140. The number of nitrogens with one attached hydrogen (secondary N) is 1. The van der Waals surface area contributed by atoms with Crippen molar-refractivity contribution in [2.75, 3.05) is 14.2 Å². The summed E-state index contributed by atoms with van der Waals surface area (Å²) in [5.41, 5.74) is 1.76. The molecule has 144 valence electrons. The molecule has 0 aromatic heterocycles. The Morgan fingerprint density at radius 1 is 1.15 bits per heavy atom. The fraction of sp³-hybridized carbons (Fsp3) is 0.333. The highest BCUT2D eigenvalue weighted by Gasteiger charge is 2.28. The van der Waals surface area contributed by atoms with Crippen molar-refractivity contribution in [2.45, 2.75) is 32.4 Å². The zero-order chi connectivity index (χ0) is 19.8. The van der Waals surface area contributed by atoms with Gasteiger partial charge in [-0.05, 0) is 41.8 Å². The van der Waals surface area contributed by atoms with Crippen LogP contribution < -0.4 is 10.1 Å². The van der Waals surface area contributed by atoms with Crippen molar-refractivity contribution in [3.8, 4) is 5.75 Å². The van der Waals surface area contributed by atoms with Crippen LogP contribution in [0.15, 0.2) is 48.5 Å². The topological polar surface area (TPSA) is 58.6 Å². The Kier molecular flexibility index (Phi) is 7.67. The minimum Gasteiger partial charge on any atom is -0.497 e. The molecule has 0 bridgehead atoms. The summed E-state index contributed by atoms with van der Waals surface area (Å²) < 4.78 is 5.26. The number of carbonyl (C=O) groups is 2. The smallest absolute Gasteiger partial charge is 0.242 e. The molecule has 0 spiro atoms. The van der Waals surface area contributed by atoms with Crippen LogP contribution >= 0.6 is 11.6 Å². The minimum absolute atomic E-state index is 0.115. The standard InChI is InChI=1S/C21H25ClN2O3/c1-4-19(21(26)23-2)24(14-16-6-5-7-18(12-16)27-3)20(25)13-15-8-10-17(22)11-9-15/h5-12,19H,4,13-14H2,1-3H3,(H,23,26). The molecule has 2 amide bonds. The highest BCUT2D eigenvalue weighted by Crippen LogP contribution is 2.19. The lowest BCUT2D eigenvalue weighted by atomic mass is 10.1. The van der Waals surface area contributed by atoms with E-state index in [1.54, 1.807) is 31.2 Å². The number of amides is 2. The van der Waals surface area contributed by atoms with E-state index in [0.717, 1.165) is 11.1 Å². The normalized spacial score (nSPS) is 11.6. The van der Waals surface area contributed by atoms with E-state index in [0.29, 0.717) is 23.7 Å². The molecule has 0 aliphatic carbocycles. The van der Waals surface area contributed by atoms with Gasteiger partial charge in [-0.25, -0.2) is 0 Å². The van der Waals surface area contributed by atoms with Crippen LogP contribution in [0, 0.1) is 0 Å². The lowest BCUT2D eigenvalue weighted by Gasteiger charge is -2.30. The molecular weight excluding hydrogens is 364 g/mol. The molecule has 1 N–H and O–H groups in total. The van der Waals surface area contributed by atoms with Crippen LogP contribution in [0.5, 0.6) is 5.75 Å². The van der Waals surface area contributed by atoms with E-state index >= 15 is 0 Å². The van der Waals surface area contributed by atoms with Crippen LogP contribution in [0.3, 0.4) is 0 Å². The Morgan fingerprint density at radius 3 is 2.44 bits per heavy atom. The highest BCUT2D eigenvalue weighted by atomic mass is 35.5. The van der Waals surface area contributed by atoms with Crippen molar-refractivity contribution in [3.63, 3.8) is 0 Å². The second-order valence-corrected chi connectivity index (χ2v) is 6.65. The van der Waals surface area contributed by atoms with Gasteiger partial charge in [-0.2, -0.15) is 0 Å². The molecular formula is C21H25ClN2O3. The second-order valence-electron chi connectivity index (χ2n) is 6.21. The number of hydrogen-bond donors (Lipinski definition) is 1. The maximum Gasteiger partial charge on any atom is 0.242 e. The number of rotatable bonds is 8. The Hall–Kier alpha value is -2.53. The van der Waals surface area contributed by atoms with Gasteiger partial charge in [0.15, 0.2) is 0 Å². The Balaban J connectivity index is 2.28. The van der Waals surface area contributed by atoms with Gasteiger partial charge in [-0.15, -0.1) is 0 Å². The molecule has 1 unspecified atom stereocenters. The lowest BCUT2D eigenvalue weighted by Crippen LogP contribution is -2.48. The number of nitrogens with zero attached hydrogens (tertiary/aromatic N) is 1. The third-order valence-corrected chi connectivity index (χ3v) is 4.64. The largest absolute Gasteiger partial charge is 0.497 e. The minimum atomic E-state index is -0.541. The Labute approximate surface area is 165 Å². The van der Waals surface area contributed by atoms with E-state index in [-0.39, 0.29) is 18.2 Å². The first-order valence-electron chi connectivity index (χ1n) is 8.87. The van der Waals surface area contributed by atoms with Gasteiger partial charge in [-0.1, -0.05) is 42.8 Å². The number of hydrogen-bond acceptors (Lipinski definition) is 3. The summed E-state index contributed by atoms with van der Waals surface area (Å²) in [6.07, 6.45) is 0.727. The molecule has 0 heterocycles. The number of halogens is 1. The molecule has 27 heavy (non-hydrogen) atoms. The van der Waals surface area contributed by atoms with E-state index in [9.17, 15) is 9.59 Å². The molecule has 0 aliphatic rings. The quantitative estimate of drug-likeness (QED) is 0.753. The van der Waals surface area contributed by atoms with Gasteiger partial charge in [0.2, 0.25) is 11.8 Å². The van der Waals surface area contributed by atoms with Crippen LogP contribution in [0.25, 0.3) is 0 Å². The number of carbonyl (C=O) groups excluding carboxylic acids is 2. The number of likely N-dealkylation sites (N-methyl/N-ethyl adjacent to an activating group) is 1. The summed E-state index contributed by atoms with van der Waals surface area (Å²) in [5, 5.41) is 3.28. The van der Waals surface area contributed by atoms with Gasteiger partial charge in [0.1, 0.15) is 11.8 Å². The summed E-state index contributed by atoms with van der Waals surface area (Å²) in [5.74, 6) is 0.422. The summed E-state index contributed by atoms with van der Waals surface area (Å²) in [4.78, 5) is 27.0. The SMILES string of the molecule is CCC(C(=O)NC)N(Cc1cccc(OC)c1)C(=O)Cc1ccc(Cl)cc1. The predicted octanol–water partition coefficient (Wildman–Crippen LogP) is 3.44. The maximum absolute atomic E-state index is 13.1. The molecule has 2 aromatic carbocycles.